The number of rotatable bonds is 8. The lowest BCUT2D eigenvalue weighted by atomic mass is 9.59. The predicted molar refractivity (Wildman–Crippen MR) is 140 cm³/mol. The Bertz CT molecular complexity index is 1460. The maximum atomic E-state index is 12.6. The van der Waals surface area contributed by atoms with Gasteiger partial charge >= 0.3 is 0 Å². The Morgan fingerprint density at radius 1 is 1.08 bits per heavy atom. The molecule has 3 aromatic rings. The fraction of sp³-hybridized carbons (Fsp3) is 0.286. The van der Waals surface area contributed by atoms with Crippen LogP contribution in [0.1, 0.15) is 41.5 Å². The monoisotopic (exact) mass is 519 g/mol. The summed E-state index contributed by atoms with van der Waals surface area (Å²) in [4.78, 5) is 4.96. The number of nitriles is 1. The van der Waals surface area contributed by atoms with Crippen LogP contribution in [0.3, 0.4) is 0 Å². The number of aliphatic imine (C=N–C) groups is 1. The molecule has 0 spiro atoms. The normalized spacial score (nSPS) is 16.3. The number of hydrogen-bond donors (Lipinski definition) is 1. The van der Waals surface area contributed by atoms with Crippen LogP contribution in [0.25, 0.3) is 0 Å². The number of benzene rings is 3. The second-order valence-electron chi connectivity index (χ2n) is 9.10. The minimum Gasteiger partial charge on any atom is -0.492 e. The van der Waals surface area contributed by atoms with Gasteiger partial charge in [0, 0.05) is 29.1 Å². The quantitative estimate of drug-likeness (QED) is 0.422. The molecular formula is C28H26ClN3O3S. The van der Waals surface area contributed by atoms with Crippen molar-refractivity contribution in [3.63, 3.8) is 0 Å². The van der Waals surface area contributed by atoms with Gasteiger partial charge in [-0.25, -0.2) is 13.1 Å². The molecule has 0 unspecified atom stereocenters. The molecule has 2 aliphatic rings. The van der Waals surface area contributed by atoms with Gasteiger partial charge in [0.15, 0.2) is 0 Å². The lowest BCUT2D eigenvalue weighted by molar-refractivity contribution is 0.322. The average molecular weight is 520 g/mol. The average Bonchev–Trinajstić information content (AvgIpc) is 2.87. The van der Waals surface area contributed by atoms with Crippen LogP contribution in [-0.4, -0.2) is 33.8 Å². The van der Waals surface area contributed by atoms with E-state index in [1.165, 1.54) is 23.3 Å². The van der Waals surface area contributed by atoms with Gasteiger partial charge in [-0.2, -0.15) is 5.26 Å². The summed E-state index contributed by atoms with van der Waals surface area (Å²) in [7, 11) is -3.81. The Balaban J connectivity index is 1.30. The maximum Gasteiger partial charge on any atom is 0.242 e. The molecule has 0 bridgehead atoms. The Morgan fingerprint density at radius 2 is 1.86 bits per heavy atom. The zero-order valence-corrected chi connectivity index (χ0v) is 21.3. The molecule has 1 N–H and O–H groups in total. The van der Waals surface area contributed by atoms with Gasteiger partial charge in [0.1, 0.15) is 18.4 Å². The summed E-state index contributed by atoms with van der Waals surface area (Å²) in [6.45, 7) is 1.00. The van der Waals surface area contributed by atoms with Crippen LogP contribution < -0.4 is 9.46 Å². The van der Waals surface area contributed by atoms with Crippen molar-refractivity contribution in [2.75, 3.05) is 19.7 Å². The van der Waals surface area contributed by atoms with Crippen LogP contribution in [0.15, 0.2) is 76.6 Å². The Labute approximate surface area is 216 Å². The highest BCUT2D eigenvalue weighted by molar-refractivity contribution is 7.89. The van der Waals surface area contributed by atoms with Gasteiger partial charge in [-0.15, -0.1) is 0 Å². The number of nitrogens with one attached hydrogen (secondary N) is 1. The molecule has 1 saturated carbocycles. The van der Waals surface area contributed by atoms with Crippen molar-refractivity contribution < 1.29 is 13.2 Å². The largest absolute Gasteiger partial charge is 0.492 e. The van der Waals surface area contributed by atoms with Crippen molar-refractivity contribution in [1.29, 1.82) is 5.26 Å². The standard InChI is InChI=1S/C28H26ClN3O3S/c29-23-9-7-22(8-10-23)28(13-3-14-28)27-25-18-24(11-6-20(25)12-15-31-27)35-17-16-32-36(33,34)26-5-2-1-4-21(26)19-30/h1-2,4-11,18,32H,3,12-17H2. The Morgan fingerprint density at radius 3 is 2.58 bits per heavy atom. The summed E-state index contributed by atoms with van der Waals surface area (Å²) in [5.41, 5.74) is 4.71. The molecule has 0 radical (unpaired) electrons. The van der Waals surface area contributed by atoms with Crippen molar-refractivity contribution in [2.24, 2.45) is 4.99 Å². The van der Waals surface area contributed by atoms with Crippen molar-refractivity contribution in [3.05, 3.63) is 94.0 Å². The number of fused-ring (bicyclic) bond motifs is 1. The summed E-state index contributed by atoms with van der Waals surface area (Å²) in [6.07, 6.45) is 4.13. The fourth-order valence-corrected chi connectivity index (χ4v) is 6.34. The lowest BCUT2D eigenvalue weighted by Gasteiger charge is -2.45. The summed E-state index contributed by atoms with van der Waals surface area (Å²) < 4.78 is 33.7. The predicted octanol–water partition coefficient (Wildman–Crippen LogP) is 5.04. The fourth-order valence-electron chi connectivity index (χ4n) is 5.04. The van der Waals surface area contributed by atoms with Crippen LogP contribution in [-0.2, 0) is 21.9 Å². The van der Waals surface area contributed by atoms with E-state index in [4.69, 9.17) is 21.3 Å². The first-order chi connectivity index (χ1) is 17.4. The van der Waals surface area contributed by atoms with E-state index in [-0.39, 0.29) is 29.0 Å². The van der Waals surface area contributed by atoms with Gasteiger partial charge < -0.3 is 4.74 Å². The van der Waals surface area contributed by atoms with Gasteiger partial charge in [0.2, 0.25) is 10.0 Å². The van der Waals surface area contributed by atoms with Crippen LogP contribution in [0.5, 0.6) is 5.75 Å². The number of sulfonamides is 1. The highest BCUT2D eigenvalue weighted by Gasteiger charge is 2.45. The smallest absolute Gasteiger partial charge is 0.242 e. The highest BCUT2D eigenvalue weighted by atomic mass is 35.5. The molecule has 5 rings (SSSR count). The van der Waals surface area contributed by atoms with E-state index in [1.807, 2.05) is 30.3 Å². The molecule has 3 aromatic carbocycles. The summed E-state index contributed by atoms with van der Waals surface area (Å²) >= 11 is 6.15. The Hall–Kier alpha value is -3.18. The summed E-state index contributed by atoms with van der Waals surface area (Å²) in [5.74, 6) is 0.672. The van der Waals surface area contributed by atoms with Crippen molar-refractivity contribution >= 4 is 27.3 Å². The third kappa shape index (κ3) is 4.64. The number of halogens is 1. The molecular weight excluding hydrogens is 494 g/mol. The molecule has 1 heterocycles. The van der Waals surface area contributed by atoms with E-state index in [9.17, 15) is 13.7 Å². The van der Waals surface area contributed by atoms with E-state index < -0.39 is 10.0 Å². The van der Waals surface area contributed by atoms with E-state index in [2.05, 4.69) is 22.9 Å². The molecule has 1 aliphatic heterocycles. The second kappa shape index (κ2) is 10.1. The van der Waals surface area contributed by atoms with Crippen LogP contribution in [0.4, 0.5) is 0 Å². The Kier molecular flexibility index (Phi) is 6.85. The molecule has 0 atom stereocenters. The third-order valence-electron chi connectivity index (χ3n) is 7.00. The molecule has 1 aliphatic carbocycles. The number of ether oxygens (including phenoxy) is 1. The topological polar surface area (TPSA) is 91.5 Å². The molecule has 0 amide bonds. The van der Waals surface area contributed by atoms with Crippen molar-refractivity contribution in [3.8, 4) is 11.8 Å². The minimum absolute atomic E-state index is 0.0323. The van der Waals surface area contributed by atoms with Crippen LogP contribution in [0, 0.1) is 11.3 Å². The highest BCUT2D eigenvalue weighted by Crippen LogP contribution is 2.48. The van der Waals surface area contributed by atoms with E-state index in [0.717, 1.165) is 48.5 Å². The van der Waals surface area contributed by atoms with E-state index in [0.29, 0.717) is 5.75 Å². The van der Waals surface area contributed by atoms with E-state index >= 15 is 0 Å². The van der Waals surface area contributed by atoms with E-state index in [1.54, 1.807) is 12.1 Å². The van der Waals surface area contributed by atoms with Gasteiger partial charge in [-0.05, 0) is 66.8 Å². The van der Waals surface area contributed by atoms with Gasteiger partial charge in [0.05, 0.1) is 16.2 Å². The van der Waals surface area contributed by atoms with Gasteiger partial charge in [-0.1, -0.05) is 48.4 Å². The lowest BCUT2D eigenvalue weighted by Crippen LogP contribution is -2.44. The van der Waals surface area contributed by atoms with Crippen LogP contribution >= 0.6 is 11.6 Å². The molecule has 8 heteroatoms. The first-order valence-corrected chi connectivity index (χ1v) is 13.8. The summed E-state index contributed by atoms with van der Waals surface area (Å²) in [6, 6.07) is 22.2. The molecule has 0 aromatic heterocycles. The molecule has 6 nitrogen and oxygen atoms in total. The maximum absolute atomic E-state index is 12.6. The zero-order valence-electron chi connectivity index (χ0n) is 19.7. The molecule has 0 saturated heterocycles. The second-order valence-corrected chi connectivity index (χ2v) is 11.3. The van der Waals surface area contributed by atoms with Gasteiger partial charge in [0.25, 0.3) is 0 Å². The molecule has 184 valence electrons. The first kappa shape index (κ1) is 24.5. The number of nitrogens with zero attached hydrogens (tertiary/aromatic N) is 2. The first-order valence-electron chi connectivity index (χ1n) is 12.0. The third-order valence-corrected chi connectivity index (χ3v) is 8.78. The van der Waals surface area contributed by atoms with Gasteiger partial charge in [-0.3, -0.25) is 4.99 Å². The molecule has 1 fully saturated rings. The minimum atomic E-state index is -3.81. The number of hydrogen-bond acceptors (Lipinski definition) is 5. The van der Waals surface area contributed by atoms with Crippen LogP contribution in [0.2, 0.25) is 5.02 Å². The summed E-state index contributed by atoms with van der Waals surface area (Å²) in [5, 5.41) is 9.93. The van der Waals surface area contributed by atoms with Crippen molar-refractivity contribution in [2.45, 2.75) is 36.0 Å². The SMILES string of the molecule is N#Cc1ccccc1S(=O)(=O)NCCOc1ccc2c(c1)C(C1(c3ccc(Cl)cc3)CCC1)=NCC2. The zero-order chi connectivity index (χ0) is 25.2. The van der Waals surface area contributed by atoms with Crippen molar-refractivity contribution in [1.82, 2.24) is 4.72 Å². The molecule has 36 heavy (non-hydrogen) atoms.